The highest BCUT2D eigenvalue weighted by atomic mass is 19.1. The number of hydrogen-bond acceptors (Lipinski definition) is 8. The van der Waals surface area contributed by atoms with Crippen LogP contribution in [-0.4, -0.2) is 74.6 Å². The van der Waals surface area contributed by atoms with Gasteiger partial charge in [0, 0.05) is 30.5 Å². The Balaban J connectivity index is 1.27. The number of halogens is 3. The SMILES string of the molecule is C#Cc1c(F)ccc2cc(O)cc(-c3nc4c5c(nc(OC[C@@]67CCCN6C[C@H](F)C7)nc5c3F)N3CCCC(C)CC3C3(CC3)O4)c12. The van der Waals surface area contributed by atoms with Crippen molar-refractivity contribution in [2.45, 2.75) is 81.6 Å². The minimum Gasteiger partial charge on any atom is -0.508 e. The van der Waals surface area contributed by atoms with Gasteiger partial charge in [-0.1, -0.05) is 18.9 Å². The molecule has 1 saturated carbocycles. The number of aromatic nitrogens is 3. The number of alkyl halides is 1. The summed E-state index contributed by atoms with van der Waals surface area (Å²) in [5.41, 5.74) is -1.14. The van der Waals surface area contributed by atoms with Crippen LogP contribution in [0.2, 0.25) is 0 Å². The average molecular weight is 656 g/mol. The van der Waals surface area contributed by atoms with Crippen LogP contribution in [0.4, 0.5) is 19.0 Å². The number of anilines is 1. The highest BCUT2D eigenvalue weighted by Crippen LogP contribution is 2.54. The Morgan fingerprint density at radius 1 is 1.10 bits per heavy atom. The number of fused-ring (bicyclic) bond motifs is 5. The van der Waals surface area contributed by atoms with Crippen molar-refractivity contribution in [2.75, 3.05) is 31.1 Å². The Bertz CT molecular complexity index is 2050. The van der Waals surface area contributed by atoms with Gasteiger partial charge in [-0.15, -0.1) is 6.42 Å². The van der Waals surface area contributed by atoms with Gasteiger partial charge < -0.3 is 19.5 Å². The summed E-state index contributed by atoms with van der Waals surface area (Å²) >= 11 is 0. The molecule has 2 unspecified atom stereocenters. The molecule has 6 heterocycles. The van der Waals surface area contributed by atoms with E-state index in [9.17, 15) is 9.50 Å². The molecule has 4 aromatic rings. The molecule has 0 radical (unpaired) electrons. The summed E-state index contributed by atoms with van der Waals surface area (Å²) in [7, 11) is 0. The molecule has 5 aliphatic rings. The van der Waals surface area contributed by atoms with E-state index in [2.05, 4.69) is 27.6 Å². The van der Waals surface area contributed by atoms with Crippen LogP contribution in [0.1, 0.15) is 63.9 Å². The van der Waals surface area contributed by atoms with E-state index in [1.165, 1.54) is 24.3 Å². The fourth-order valence-electron chi connectivity index (χ4n) is 8.99. The van der Waals surface area contributed by atoms with Crippen LogP contribution in [-0.2, 0) is 0 Å². The van der Waals surface area contributed by atoms with E-state index in [0.29, 0.717) is 42.0 Å². The first-order valence-electron chi connectivity index (χ1n) is 17.0. The van der Waals surface area contributed by atoms with Crippen LogP contribution in [0.3, 0.4) is 0 Å². The molecule has 2 aromatic heterocycles. The van der Waals surface area contributed by atoms with E-state index in [1.54, 1.807) is 0 Å². The van der Waals surface area contributed by atoms with Gasteiger partial charge in [0.2, 0.25) is 5.88 Å². The maximum absolute atomic E-state index is 17.2. The van der Waals surface area contributed by atoms with Gasteiger partial charge in [-0.05, 0) is 81.0 Å². The van der Waals surface area contributed by atoms with Crippen LogP contribution < -0.4 is 14.4 Å². The zero-order valence-electron chi connectivity index (χ0n) is 26.7. The van der Waals surface area contributed by atoms with Gasteiger partial charge in [0.05, 0.1) is 17.1 Å². The second-order valence-electron chi connectivity index (χ2n) is 14.5. The van der Waals surface area contributed by atoms with E-state index in [0.717, 1.165) is 51.5 Å². The number of benzene rings is 2. The second kappa shape index (κ2) is 10.6. The third-order valence-electron chi connectivity index (χ3n) is 11.4. The number of phenolic OH excluding ortho intramolecular Hbond substituents is 1. The lowest BCUT2D eigenvalue weighted by Gasteiger charge is -2.35. The molecule has 1 spiro atoms. The quantitative estimate of drug-likeness (QED) is 0.244. The number of hydrogen-bond donors (Lipinski definition) is 1. The first-order chi connectivity index (χ1) is 23.2. The van der Waals surface area contributed by atoms with E-state index in [4.69, 9.17) is 25.9 Å². The molecular weight excluding hydrogens is 619 g/mol. The average Bonchev–Trinajstić information content (AvgIpc) is 3.71. The summed E-state index contributed by atoms with van der Waals surface area (Å²) in [5, 5.41) is 11.8. The Morgan fingerprint density at radius 3 is 2.77 bits per heavy atom. The predicted molar refractivity (Wildman–Crippen MR) is 175 cm³/mol. The molecule has 4 aliphatic heterocycles. The Kier molecular flexibility index (Phi) is 6.58. The topological polar surface area (TPSA) is 83.8 Å². The molecule has 0 bridgehead atoms. The number of ether oxygens (including phenoxy) is 2. The second-order valence-corrected chi connectivity index (χ2v) is 14.5. The number of terminal acetylenes is 1. The largest absolute Gasteiger partial charge is 0.508 e. The molecule has 48 heavy (non-hydrogen) atoms. The zero-order valence-corrected chi connectivity index (χ0v) is 26.7. The molecule has 9 rings (SSSR count). The van der Waals surface area contributed by atoms with E-state index in [-0.39, 0.29) is 58.0 Å². The van der Waals surface area contributed by atoms with Gasteiger partial charge in [-0.2, -0.15) is 9.97 Å². The Hall–Kier alpha value is -4.30. The van der Waals surface area contributed by atoms with Crippen molar-refractivity contribution in [1.82, 2.24) is 19.9 Å². The first kappa shape index (κ1) is 29.8. The van der Waals surface area contributed by atoms with Crippen molar-refractivity contribution in [3.8, 4) is 41.2 Å². The molecule has 1 N–H and O–H groups in total. The molecule has 11 heteroatoms. The van der Waals surface area contributed by atoms with Crippen molar-refractivity contribution < 1.29 is 27.8 Å². The fraction of sp³-hybridized carbons (Fsp3) is 0.486. The van der Waals surface area contributed by atoms with Crippen molar-refractivity contribution in [3.63, 3.8) is 0 Å². The standard InChI is InChI=1S/C37H36F3N5O3/c1-3-24-26(39)8-7-21-15-23(46)16-25(28(21)24)31-30(40)32-29-33(43-35(42-32)47-19-36-9-5-12-44(36)18-22(38)17-36)45-13-4-6-20(2)14-27(45)37(10-11-37)48-34(29)41-31/h1,7-8,15-16,20,22,27,46H,4-6,9-14,17-19H2,2H3/t20?,22-,27?,36+/m1/s1. The third kappa shape index (κ3) is 4.44. The number of rotatable bonds is 4. The highest BCUT2D eigenvalue weighted by molar-refractivity contribution is 6.04. The summed E-state index contributed by atoms with van der Waals surface area (Å²) in [6.07, 6.45) is 11.5. The molecule has 4 atom stereocenters. The molecule has 0 amide bonds. The van der Waals surface area contributed by atoms with Crippen LogP contribution in [0, 0.1) is 29.9 Å². The lowest BCUT2D eigenvalue weighted by atomic mass is 9.94. The predicted octanol–water partition coefficient (Wildman–Crippen LogP) is 6.69. The monoisotopic (exact) mass is 655 g/mol. The molecule has 3 saturated heterocycles. The minimum absolute atomic E-state index is 0.00181. The summed E-state index contributed by atoms with van der Waals surface area (Å²) in [6, 6.07) is 5.49. The number of nitrogens with zero attached hydrogens (tertiary/aromatic N) is 5. The van der Waals surface area contributed by atoms with E-state index in [1.807, 2.05) is 0 Å². The lowest BCUT2D eigenvalue weighted by Crippen LogP contribution is -2.47. The minimum atomic E-state index is -0.925. The van der Waals surface area contributed by atoms with Crippen LogP contribution in [0.25, 0.3) is 32.9 Å². The summed E-state index contributed by atoms with van der Waals surface area (Å²) in [5.74, 6) is 1.97. The molecule has 1 aliphatic carbocycles. The smallest absolute Gasteiger partial charge is 0.319 e. The third-order valence-corrected chi connectivity index (χ3v) is 11.4. The van der Waals surface area contributed by atoms with Gasteiger partial charge in [0.1, 0.15) is 52.4 Å². The fourth-order valence-corrected chi connectivity index (χ4v) is 8.99. The van der Waals surface area contributed by atoms with E-state index < -0.39 is 28.9 Å². The van der Waals surface area contributed by atoms with Crippen molar-refractivity contribution >= 4 is 27.5 Å². The van der Waals surface area contributed by atoms with Gasteiger partial charge in [0.15, 0.2) is 5.82 Å². The normalized spacial score (nSPS) is 27.3. The van der Waals surface area contributed by atoms with Crippen molar-refractivity contribution in [2.24, 2.45) is 5.92 Å². The molecule has 2 aromatic carbocycles. The van der Waals surface area contributed by atoms with Crippen molar-refractivity contribution in [1.29, 1.82) is 0 Å². The Morgan fingerprint density at radius 2 is 1.96 bits per heavy atom. The number of phenols is 1. The van der Waals surface area contributed by atoms with Crippen LogP contribution in [0.15, 0.2) is 24.3 Å². The maximum atomic E-state index is 17.2. The molecule has 4 fully saturated rings. The summed E-state index contributed by atoms with van der Waals surface area (Å²) < 4.78 is 60.0. The van der Waals surface area contributed by atoms with Crippen LogP contribution in [0.5, 0.6) is 17.6 Å². The van der Waals surface area contributed by atoms with Gasteiger partial charge in [-0.3, -0.25) is 4.90 Å². The molecular formula is C37H36F3N5O3. The molecule has 8 nitrogen and oxygen atoms in total. The first-order valence-corrected chi connectivity index (χ1v) is 17.0. The van der Waals surface area contributed by atoms with E-state index >= 15 is 8.78 Å². The number of aromatic hydroxyl groups is 1. The van der Waals surface area contributed by atoms with Crippen molar-refractivity contribution in [3.05, 3.63) is 41.5 Å². The summed E-state index contributed by atoms with van der Waals surface area (Å²) in [6.45, 7) is 4.34. The van der Waals surface area contributed by atoms with Crippen LogP contribution >= 0.6 is 0 Å². The highest BCUT2D eigenvalue weighted by Gasteiger charge is 2.58. The maximum Gasteiger partial charge on any atom is 0.319 e. The molecule has 248 valence electrons. The Labute approximate surface area is 276 Å². The lowest BCUT2D eigenvalue weighted by molar-refractivity contribution is 0.107. The van der Waals surface area contributed by atoms with Gasteiger partial charge in [0.25, 0.3) is 0 Å². The summed E-state index contributed by atoms with van der Waals surface area (Å²) in [4.78, 5) is 18.8. The van der Waals surface area contributed by atoms with Gasteiger partial charge in [-0.25, -0.2) is 18.2 Å². The zero-order chi connectivity index (χ0) is 32.9. The number of pyridine rings is 1. The van der Waals surface area contributed by atoms with Gasteiger partial charge >= 0.3 is 6.01 Å².